The summed E-state index contributed by atoms with van der Waals surface area (Å²) >= 11 is 0. The number of pyridine rings is 1. The summed E-state index contributed by atoms with van der Waals surface area (Å²) in [6, 6.07) is 40.3. The van der Waals surface area contributed by atoms with Gasteiger partial charge in [-0.1, -0.05) is 502 Å². The fourth-order valence-electron chi connectivity index (χ4n) is 26.0. The van der Waals surface area contributed by atoms with Crippen molar-refractivity contribution in [3.05, 3.63) is 208 Å². The predicted molar refractivity (Wildman–Crippen MR) is 617 cm³/mol. The molecule has 2 unspecified atom stereocenters. The summed E-state index contributed by atoms with van der Waals surface area (Å²) in [4.78, 5) is 4.32. The van der Waals surface area contributed by atoms with Crippen LogP contribution >= 0.6 is 0 Å². The first-order chi connectivity index (χ1) is 67.9. The minimum absolute atomic E-state index is 0.547. The number of hydrogen-bond donors (Lipinski definition) is 1. The van der Waals surface area contributed by atoms with Crippen molar-refractivity contribution in [2.75, 3.05) is 6.54 Å². The number of aromatic nitrogens is 1. The molecule has 4 aromatic carbocycles. The maximum absolute atomic E-state index is 4.32. The average molecular weight is 1880 g/mol. The summed E-state index contributed by atoms with van der Waals surface area (Å²) in [5.41, 5.74) is 15.1. The monoisotopic (exact) mass is 1880 g/mol. The second-order valence-electron chi connectivity index (χ2n) is 42.1. The van der Waals surface area contributed by atoms with Crippen LogP contribution in [-0.4, -0.2) is 17.6 Å². The van der Waals surface area contributed by atoms with Crippen molar-refractivity contribution in [2.24, 2.45) is 76.9 Å². The van der Waals surface area contributed by atoms with Crippen LogP contribution in [-0.2, 0) is 44.9 Å². The van der Waals surface area contributed by atoms with Gasteiger partial charge in [0.05, 0.1) is 0 Å². The van der Waals surface area contributed by atoms with Crippen molar-refractivity contribution in [1.82, 2.24) is 10.3 Å². The van der Waals surface area contributed by atoms with Crippen LogP contribution in [0.25, 0.3) is 0 Å². The number of piperidine rings is 1. The van der Waals surface area contributed by atoms with Crippen LogP contribution in [0.2, 0.25) is 0 Å². The van der Waals surface area contributed by atoms with Crippen LogP contribution in [0.3, 0.4) is 0 Å². The van der Waals surface area contributed by atoms with E-state index in [4.69, 9.17) is 0 Å². The highest BCUT2D eigenvalue weighted by Gasteiger charge is 2.34. The van der Waals surface area contributed by atoms with E-state index < -0.39 is 0 Å². The van der Waals surface area contributed by atoms with Crippen LogP contribution < -0.4 is 5.32 Å². The van der Waals surface area contributed by atoms with Gasteiger partial charge in [-0.05, 0) is 326 Å². The molecular formula is C135H230N2. The van der Waals surface area contributed by atoms with Gasteiger partial charge in [-0.3, -0.25) is 4.98 Å². The Balaban J connectivity index is 0.000000307. The fourth-order valence-corrected chi connectivity index (χ4v) is 26.0. The Hall–Kier alpha value is -4.79. The zero-order valence-corrected chi connectivity index (χ0v) is 94.7. The highest BCUT2D eigenvalue weighted by molar-refractivity contribution is 5.48. The Bertz CT molecular complexity index is 3260. The standard InChI is InChI=1S/C15H14.C11H20.C11H18.C10H18.C10H12.C9H17N.C9H11N.C9H10.C8H14.2C7H12.C6H10.C5H8.9C2H6/c1-11-14-8-4-2-6-12(14)10-13-7-3-5-9-15(11)13;2*1-4-10-6-2-7-11(5-1)9-3-8-10;2*1-2-6-10-8-4-3-7-9(10)5-1;2*1-2-6-9-8(4-1)5-3-7-10-9;1-2-5-9-7-3-6-8(9)4-1;1-2-8-5-3-7(1)4-6-8;1-2-7-4-3-6(1)5-7;1-2-6-4-7(3-1)5-6;1-2-4-6-5-3-1;1-2-4-5-3-1;9*1-2/h2-9,11H,10H2,1H3;10-11H,1-9H2;1,4,10-11H,2-3,5-9H2;9-10H,1-8H2;1-2,5-6H,3-4,7-8H2;8-10H,1-7H2;3,5,7H,1-2,4,6H2;1-2,4-5H,3,6-7H2;7-8H,1-6H2;2*6-7H,1-5H2;1-2H,3-6H2;1-2H,3-5H2;9*1-2H3. The Labute approximate surface area is 856 Å². The van der Waals surface area contributed by atoms with E-state index in [1.165, 1.54) is 314 Å². The SMILES string of the molecule is C1=CC2CCCC(C1)CCC2.C1=CCCC1.C1=CCCCC1.C1CC2CC(C1)C2.C1CC2CCC1C2.C1CC2CCC1CC2.C1CC2CCCC(C1)CCC2.C1CCC2CCCCC2C1.C1CCC2NCCCC2C1.CC.CC.CC.CC.CC.CC.CC.CC.CC.CC1c2ccccc2Cc2ccccc21.c1ccc2c(c1)CCC2.c1ccc2c(c1)CCCC2.c1cnc2c(c1)CCCC2. The Kier molecular flexibility index (Phi) is 75.9. The largest absolute Gasteiger partial charge is 0.314 e. The summed E-state index contributed by atoms with van der Waals surface area (Å²) in [5.74, 6) is 15.1. The maximum atomic E-state index is 4.32. The highest BCUT2D eigenvalue weighted by Crippen LogP contribution is 2.47. The lowest BCUT2D eigenvalue weighted by Crippen LogP contribution is -2.42. The van der Waals surface area contributed by atoms with E-state index in [1.54, 1.807) is 183 Å². The zero-order chi connectivity index (χ0) is 99.2. The first-order valence-electron chi connectivity index (χ1n) is 61.9. The molecule has 2 heteroatoms. The molecule has 24 aliphatic rings. The Morgan fingerprint density at radius 2 is 0.547 bits per heavy atom. The molecule has 5 aromatic rings. The second kappa shape index (κ2) is 83.5. The van der Waals surface area contributed by atoms with Gasteiger partial charge < -0.3 is 5.32 Å². The van der Waals surface area contributed by atoms with E-state index in [2.05, 4.69) is 157 Å². The fraction of sp³-hybridized carbons (Fsp3) is 0.741. The lowest BCUT2D eigenvalue weighted by Gasteiger charge is -2.40. The summed E-state index contributed by atoms with van der Waals surface area (Å²) in [7, 11) is 0. The summed E-state index contributed by atoms with van der Waals surface area (Å²) < 4.78 is 0. The van der Waals surface area contributed by atoms with E-state index in [9.17, 15) is 0 Å². The van der Waals surface area contributed by atoms with Gasteiger partial charge in [0.15, 0.2) is 0 Å². The molecule has 1 N–H and O–H groups in total. The molecule has 2 heterocycles. The molecule has 10 bridgehead atoms. The molecule has 15 saturated carbocycles. The molecule has 0 spiro atoms. The molecule has 2 atom stereocenters. The smallest absolute Gasteiger partial charge is 0.0435 e. The molecule has 780 valence electrons. The minimum Gasteiger partial charge on any atom is -0.314 e. The summed E-state index contributed by atoms with van der Waals surface area (Å²) in [6.07, 6.45) is 111. The van der Waals surface area contributed by atoms with Crippen molar-refractivity contribution in [3.63, 3.8) is 0 Å². The van der Waals surface area contributed by atoms with Crippen LogP contribution in [0.4, 0.5) is 0 Å². The van der Waals surface area contributed by atoms with Crippen LogP contribution in [0, 0.1) is 76.9 Å². The Morgan fingerprint density at radius 1 is 0.234 bits per heavy atom. The van der Waals surface area contributed by atoms with Crippen LogP contribution in [0.1, 0.15) is 566 Å². The number of rotatable bonds is 0. The van der Waals surface area contributed by atoms with Gasteiger partial charge >= 0.3 is 0 Å². The molecule has 23 aliphatic carbocycles. The van der Waals surface area contributed by atoms with E-state index in [-0.39, 0.29) is 0 Å². The van der Waals surface area contributed by atoms with Crippen molar-refractivity contribution >= 4 is 0 Å². The van der Waals surface area contributed by atoms with E-state index >= 15 is 0 Å². The predicted octanol–water partition coefficient (Wildman–Crippen LogP) is 43.1. The van der Waals surface area contributed by atoms with Gasteiger partial charge in [0.2, 0.25) is 0 Å². The van der Waals surface area contributed by atoms with E-state index in [0.29, 0.717) is 5.92 Å². The molecule has 1 saturated heterocycles. The van der Waals surface area contributed by atoms with Crippen LogP contribution in [0.15, 0.2) is 152 Å². The van der Waals surface area contributed by atoms with Crippen molar-refractivity contribution in [3.8, 4) is 0 Å². The maximum Gasteiger partial charge on any atom is 0.0435 e. The summed E-state index contributed by atoms with van der Waals surface area (Å²) in [6.45, 7) is 39.6. The van der Waals surface area contributed by atoms with Gasteiger partial charge in [-0.25, -0.2) is 0 Å². The van der Waals surface area contributed by atoms with Gasteiger partial charge in [0.1, 0.15) is 0 Å². The number of nitrogens with one attached hydrogen (secondary N) is 1. The van der Waals surface area contributed by atoms with Gasteiger partial charge in [-0.2, -0.15) is 0 Å². The number of aryl methyl sites for hydroxylation is 6. The lowest BCUT2D eigenvalue weighted by atomic mass is 9.65. The molecular weight excluding hydrogens is 1650 g/mol. The third-order valence-electron chi connectivity index (χ3n) is 33.5. The quantitative estimate of drug-likeness (QED) is 0.156. The molecule has 1 aliphatic heterocycles. The minimum atomic E-state index is 0.547. The topological polar surface area (TPSA) is 24.9 Å². The van der Waals surface area contributed by atoms with Gasteiger partial charge in [-0.15, -0.1) is 0 Å². The number of fused-ring (bicyclic) bond motifs is 25. The molecule has 137 heavy (non-hydrogen) atoms. The van der Waals surface area contributed by atoms with Gasteiger partial charge in [0.25, 0.3) is 0 Å². The zero-order valence-electron chi connectivity index (χ0n) is 94.7. The molecule has 16 fully saturated rings. The highest BCUT2D eigenvalue weighted by atomic mass is 14.9. The second-order valence-corrected chi connectivity index (χ2v) is 42.1. The first-order valence-corrected chi connectivity index (χ1v) is 61.9. The molecule has 29 rings (SSSR count). The molecule has 0 amide bonds. The van der Waals surface area contributed by atoms with Crippen molar-refractivity contribution in [2.45, 2.75) is 561 Å². The van der Waals surface area contributed by atoms with Crippen molar-refractivity contribution in [1.29, 1.82) is 0 Å². The number of nitrogens with zero attached hydrogens (tertiary/aromatic N) is 1. The molecule has 0 radical (unpaired) electrons. The third kappa shape index (κ3) is 50.5. The summed E-state index contributed by atoms with van der Waals surface area (Å²) in [5, 5.41) is 3.62. The molecule has 1 aromatic heterocycles. The van der Waals surface area contributed by atoms with Crippen LogP contribution in [0.5, 0.6) is 0 Å². The average Bonchev–Trinajstić information content (AvgIpc) is 1.13. The van der Waals surface area contributed by atoms with E-state index in [0.717, 1.165) is 65.7 Å². The number of hydrogen-bond acceptors (Lipinski definition) is 2. The first kappa shape index (κ1) is 125. The Morgan fingerprint density at radius 3 is 0.905 bits per heavy atom. The third-order valence-corrected chi connectivity index (χ3v) is 33.5. The van der Waals surface area contributed by atoms with Crippen molar-refractivity contribution < 1.29 is 0 Å². The molecule has 2 nitrogen and oxygen atoms in total. The number of benzene rings is 4. The van der Waals surface area contributed by atoms with E-state index in [1.807, 2.05) is 137 Å². The normalized spacial score (nSPS) is 26.8. The van der Waals surface area contributed by atoms with Gasteiger partial charge in [0, 0.05) is 23.9 Å². The lowest BCUT2D eigenvalue weighted by molar-refractivity contribution is 0.116. The number of allylic oxidation sites excluding steroid dienone is 6.